The third-order valence-corrected chi connectivity index (χ3v) is 8.34. The number of carbonyl (C=O) groups is 1. The van der Waals surface area contributed by atoms with Crippen LogP contribution in [0.4, 0.5) is 0 Å². The molecule has 0 aliphatic heterocycles. The van der Waals surface area contributed by atoms with E-state index in [2.05, 4.69) is 27.4 Å². The summed E-state index contributed by atoms with van der Waals surface area (Å²) in [5.41, 5.74) is 0.828. The molecule has 0 aromatic heterocycles. The molecule has 4 fully saturated rings. The van der Waals surface area contributed by atoms with Gasteiger partial charge in [-0.15, -0.1) is 0 Å². The van der Waals surface area contributed by atoms with Crippen LogP contribution in [-0.2, 0) is 4.79 Å². The van der Waals surface area contributed by atoms with Crippen LogP contribution in [0.1, 0.15) is 65.7 Å². The second-order valence-electron chi connectivity index (χ2n) is 9.58. The molecule has 0 aromatic carbocycles. The molecule has 6 atom stereocenters. The van der Waals surface area contributed by atoms with E-state index >= 15 is 0 Å². The van der Waals surface area contributed by atoms with E-state index in [1.165, 1.54) is 19.3 Å². The molecule has 0 heterocycles. The summed E-state index contributed by atoms with van der Waals surface area (Å²) in [6, 6.07) is 0. The fraction of sp³-hybridized carbons (Fsp3) is 0.850. The van der Waals surface area contributed by atoms with E-state index in [9.17, 15) is 9.90 Å². The van der Waals surface area contributed by atoms with E-state index in [4.69, 9.17) is 0 Å². The molecule has 0 amide bonds. The lowest BCUT2D eigenvalue weighted by Gasteiger charge is -2.64. The fourth-order valence-corrected chi connectivity index (χ4v) is 7.35. The summed E-state index contributed by atoms with van der Waals surface area (Å²) in [7, 11) is 0. The summed E-state index contributed by atoms with van der Waals surface area (Å²) in [6.45, 7) is 11.3. The van der Waals surface area contributed by atoms with Gasteiger partial charge in [-0.05, 0) is 72.7 Å². The van der Waals surface area contributed by atoms with Crippen molar-refractivity contribution in [3.63, 3.8) is 0 Å². The maximum Gasteiger partial charge on any atom is 0.167 e. The molecule has 0 radical (unpaired) electrons. The van der Waals surface area contributed by atoms with Crippen LogP contribution in [0.25, 0.3) is 0 Å². The molecule has 2 heteroatoms. The van der Waals surface area contributed by atoms with Gasteiger partial charge in [0, 0.05) is 0 Å². The second kappa shape index (κ2) is 4.26. The van der Waals surface area contributed by atoms with Crippen molar-refractivity contribution in [2.24, 2.45) is 34.0 Å². The Morgan fingerprint density at radius 3 is 2.59 bits per heavy atom. The molecular weight excluding hydrogens is 272 g/mol. The fourth-order valence-electron chi connectivity index (χ4n) is 7.35. The monoisotopic (exact) mass is 302 g/mol. The first-order valence-corrected chi connectivity index (χ1v) is 9.15. The first-order chi connectivity index (χ1) is 10.2. The second-order valence-corrected chi connectivity index (χ2v) is 9.58. The van der Waals surface area contributed by atoms with Crippen molar-refractivity contribution in [1.29, 1.82) is 0 Å². The normalized spacial score (nSPS) is 53.1. The summed E-state index contributed by atoms with van der Waals surface area (Å²) >= 11 is 0. The van der Waals surface area contributed by atoms with E-state index in [1.807, 2.05) is 0 Å². The zero-order valence-electron chi connectivity index (χ0n) is 14.3. The Morgan fingerprint density at radius 2 is 1.86 bits per heavy atom. The number of Topliss-reactive ketones (excluding diaryl/α,β-unsaturated/α-hetero) is 1. The maximum absolute atomic E-state index is 13.1. The van der Waals surface area contributed by atoms with Crippen LogP contribution in [0, 0.1) is 34.0 Å². The van der Waals surface area contributed by atoms with Crippen LogP contribution in [0.3, 0.4) is 0 Å². The highest BCUT2D eigenvalue weighted by molar-refractivity contribution is 6.03. The van der Waals surface area contributed by atoms with E-state index < -0.39 is 11.5 Å². The predicted molar refractivity (Wildman–Crippen MR) is 87.3 cm³/mol. The minimum Gasteiger partial charge on any atom is -0.392 e. The highest BCUT2D eigenvalue weighted by Crippen LogP contribution is 2.70. The molecule has 1 N–H and O–H groups in total. The molecule has 122 valence electrons. The summed E-state index contributed by atoms with van der Waals surface area (Å²) in [6.07, 6.45) is 7.18. The molecule has 4 rings (SSSR count). The standard InChI is InChI=1S/C20H30O2/c1-12-13-6-7-14-19(4)9-5-8-18(2,3)15(19)10-16(21)20(14,11-13)17(12)22/h13-16,21H,1,5-11H2,2-4H3/t13-,14+,15-,16+,19+,20-/m1/s1. The van der Waals surface area contributed by atoms with Crippen LogP contribution < -0.4 is 0 Å². The van der Waals surface area contributed by atoms with Gasteiger partial charge in [0.05, 0.1) is 11.5 Å². The van der Waals surface area contributed by atoms with Crippen LogP contribution in [0.15, 0.2) is 12.2 Å². The van der Waals surface area contributed by atoms with Crippen molar-refractivity contribution in [1.82, 2.24) is 0 Å². The Hall–Kier alpha value is -0.630. The molecule has 4 aliphatic carbocycles. The number of ketones is 1. The first-order valence-electron chi connectivity index (χ1n) is 9.15. The van der Waals surface area contributed by atoms with Gasteiger partial charge in [0.25, 0.3) is 0 Å². The number of fused-ring (bicyclic) bond motifs is 3. The number of allylic oxidation sites excluding steroid dienone is 1. The summed E-state index contributed by atoms with van der Waals surface area (Å²) in [5.74, 6) is 1.46. The smallest absolute Gasteiger partial charge is 0.167 e. The van der Waals surface area contributed by atoms with Gasteiger partial charge in [0.2, 0.25) is 0 Å². The van der Waals surface area contributed by atoms with Gasteiger partial charge in [0.1, 0.15) is 0 Å². The Kier molecular flexibility index (Phi) is 2.89. The summed E-state index contributed by atoms with van der Waals surface area (Å²) in [5, 5.41) is 11.1. The van der Waals surface area contributed by atoms with E-state index in [1.54, 1.807) is 0 Å². The molecule has 1 spiro atoms. The third kappa shape index (κ3) is 1.53. The summed E-state index contributed by atoms with van der Waals surface area (Å²) in [4.78, 5) is 13.1. The zero-order valence-corrected chi connectivity index (χ0v) is 14.3. The quantitative estimate of drug-likeness (QED) is 0.683. The summed E-state index contributed by atoms with van der Waals surface area (Å²) < 4.78 is 0. The minimum absolute atomic E-state index is 0.215. The van der Waals surface area contributed by atoms with E-state index in [0.717, 1.165) is 31.3 Å². The predicted octanol–water partition coefficient (Wildman–Crippen LogP) is 4.13. The number of rotatable bonds is 0. The maximum atomic E-state index is 13.1. The van der Waals surface area contributed by atoms with Crippen LogP contribution >= 0.6 is 0 Å². The lowest BCUT2D eigenvalue weighted by atomic mass is 9.40. The average molecular weight is 302 g/mol. The topological polar surface area (TPSA) is 37.3 Å². The van der Waals surface area contributed by atoms with Crippen LogP contribution in [-0.4, -0.2) is 17.0 Å². The number of aliphatic hydroxyl groups is 1. The van der Waals surface area contributed by atoms with Crippen molar-refractivity contribution in [2.45, 2.75) is 71.8 Å². The average Bonchev–Trinajstić information content (AvgIpc) is 2.64. The number of hydrogen-bond donors (Lipinski definition) is 1. The molecule has 4 saturated carbocycles. The SMILES string of the molecule is C=C1C(=O)[C@]23C[C@H]1CC[C@H]2[C@]1(C)CCCC(C)(C)[C@H]1C[C@@H]3O. The number of hydrogen-bond acceptors (Lipinski definition) is 2. The highest BCUT2D eigenvalue weighted by Gasteiger charge is 2.69. The van der Waals surface area contributed by atoms with Crippen molar-refractivity contribution < 1.29 is 9.90 Å². The molecule has 2 bridgehead atoms. The van der Waals surface area contributed by atoms with Gasteiger partial charge in [-0.25, -0.2) is 0 Å². The van der Waals surface area contributed by atoms with Gasteiger partial charge in [-0.2, -0.15) is 0 Å². The number of carbonyl (C=O) groups excluding carboxylic acids is 1. The highest BCUT2D eigenvalue weighted by atomic mass is 16.3. The Bertz CT molecular complexity index is 548. The van der Waals surface area contributed by atoms with Gasteiger partial charge in [-0.1, -0.05) is 33.8 Å². The van der Waals surface area contributed by atoms with E-state index in [0.29, 0.717) is 17.8 Å². The minimum atomic E-state index is -0.487. The molecule has 0 saturated heterocycles. The number of aliphatic hydroxyl groups excluding tert-OH is 1. The van der Waals surface area contributed by atoms with Crippen molar-refractivity contribution >= 4 is 5.78 Å². The molecule has 4 aliphatic rings. The van der Waals surface area contributed by atoms with Gasteiger partial charge < -0.3 is 5.11 Å². The van der Waals surface area contributed by atoms with Crippen LogP contribution in [0.2, 0.25) is 0 Å². The Morgan fingerprint density at radius 1 is 1.14 bits per heavy atom. The zero-order chi connectivity index (χ0) is 15.9. The van der Waals surface area contributed by atoms with Crippen LogP contribution in [0.5, 0.6) is 0 Å². The lowest BCUT2D eigenvalue weighted by Crippen LogP contribution is -2.63. The Balaban J connectivity index is 1.84. The van der Waals surface area contributed by atoms with Crippen molar-refractivity contribution in [3.8, 4) is 0 Å². The third-order valence-electron chi connectivity index (χ3n) is 8.34. The van der Waals surface area contributed by atoms with Gasteiger partial charge in [-0.3, -0.25) is 4.79 Å². The van der Waals surface area contributed by atoms with Gasteiger partial charge >= 0.3 is 0 Å². The molecule has 2 nitrogen and oxygen atoms in total. The van der Waals surface area contributed by atoms with Gasteiger partial charge in [0.15, 0.2) is 5.78 Å². The van der Waals surface area contributed by atoms with E-state index in [-0.39, 0.29) is 16.6 Å². The molecule has 0 aromatic rings. The first kappa shape index (κ1) is 14.9. The Labute approximate surface area is 134 Å². The molecule has 22 heavy (non-hydrogen) atoms. The van der Waals surface area contributed by atoms with Crippen molar-refractivity contribution in [2.75, 3.05) is 0 Å². The van der Waals surface area contributed by atoms with Crippen molar-refractivity contribution in [3.05, 3.63) is 12.2 Å². The molecule has 0 unspecified atom stereocenters. The lowest BCUT2D eigenvalue weighted by molar-refractivity contribution is -0.197. The largest absolute Gasteiger partial charge is 0.392 e. The molecular formula is C20H30O2.